The van der Waals surface area contributed by atoms with Crippen molar-refractivity contribution in [3.8, 4) is 0 Å². The minimum Gasteiger partial charge on any atom is -0.303 e. The van der Waals surface area contributed by atoms with Crippen LogP contribution in [0, 0.1) is 0 Å². The molecule has 108 valence electrons. The molecule has 0 unspecified atom stereocenters. The number of unbranched alkanes of at least 4 members (excludes halogenated alkanes) is 5. The molecule has 0 amide bonds. The number of nitrogens with zero attached hydrogens (tertiary/aromatic N) is 1. The van der Waals surface area contributed by atoms with E-state index in [-0.39, 0.29) is 0 Å². The van der Waals surface area contributed by atoms with Crippen LogP contribution in [-0.2, 0) is 4.79 Å². The van der Waals surface area contributed by atoms with Gasteiger partial charge in [-0.2, -0.15) is 0 Å². The molecule has 0 bridgehead atoms. The second kappa shape index (κ2) is 13.1. The third kappa shape index (κ3) is 12.1. The Kier molecular flexibility index (Phi) is 12.8. The van der Waals surface area contributed by atoms with Crippen LogP contribution in [0.1, 0.15) is 78.6 Å². The maximum Gasteiger partial charge on any atom is 0.129 e. The molecule has 0 radical (unpaired) electrons. The normalized spacial score (nSPS) is 11.1. The standard InChI is InChI=1S/C16H33NO/c1-4-6-13-17(14-7-5-2)15-11-9-8-10-12-16(3)18/h4-15H2,1-3H3. The molecule has 0 spiro atoms. The van der Waals surface area contributed by atoms with E-state index in [9.17, 15) is 4.79 Å². The number of ketones is 1. The van der Waals surface area contributed by atoms with Gasteiger partial charge in [0.25, 0.3) is 0 Å². The Morgan fingerprint density at radius 1 is 0.778 bits per heavy atom. The zero-order valence-electron chi connectivity index (χ0n) is 12.8. The lowest BCUT2D eigenvalue weighted by molar-refractivity contribution is -0.117. The number of hydrogen-bond acceptors (Lipinski definition) is 2. The van der Waals surface area contributed by atoms with Crippen LogP contribution in [0.4, 0.5) is 0 Å². The molecule has 0 aliphatic rings. The minimum atomic E-state index is 0.336. The van der Waals surface area contributed by atoms with Crippen molar-refractivity contribution in [2.75, 3.05) is 19.6 Å². The average molecular weight is 255 g/mol. The highest BCUT2D eigenvalue weighted by Gasteiger charge is 2.03. The minimum absolute atomic E-state index is 0.336. The molecule has 0 aromatic rings. The summed E-state index contributed by atoms with van der Waals surface area (Å²) in [4.78, 5) is 13.4. The fourth-order valence-electron chi connectivity index (χ4n) is 2.16. The molecular weight excluding hydrogens is 222 g/mol. The molecule has 18 heavy (non-hydrogen) atoms. The van der Waals surface area contributed by atoms with Gasteiger partial charge in [-0.3, -0.25) is 0 Å². The second-order valence-electron chi connectivity index (χ2n) is 5.41. The summed E-state index contributed by atoms with van der Waals surface area (Å²) in [5.74, 6) is 0.336. The maximum absolute atomic E-state index is 10.8. The van der Waals surface area contributed by atoms with E-state index in [1.807, 2.05) is 0 Å². The van der Waals surface area contributed by atoms with Gasteiger partial charge < -0.3 is 9.69 Å². The second-order valence-corrected chi connectivity index (χ2v) is 5.41. The average Bonchev–Trinajstić information content (AvgIpc) is 2.35. The Hall–Kier alpha value is -0.370. The number of Topliss-reactive ketones (excluding diaryl/α,β-unsaturated/α-hetero) is 1. The highest BCUT2D eigenvalue weighted by molar-refractivity contribution is 5.75. The fraction of sp³-hybridized carbons (Fsp3) is 0.938. The van der Waals surface area contributed by atoms with E-state index in [1.54, 1.807) is 6.92 Å². The Balaban J connectivity index is 3.51. The van der Waals surface area contributed by atoms with E-state index in [0.717, 1.165) is 12.8 Å². The molecule has 0 heterocycles. The van der Waals surface area contributed by atoms with Crippen molar-refractivity contribution < 1.29 is 4.79 Å². The summed E-state index contributed by atoms with van der Waals surface area (Å²) in [5.41, 5.74) is 0. The zero-order chi connectivity index (χ0) is 13.6. The van der Waals surface area contributed by atoms with Gasteiger partial charge in [0.2, 0.25) is 0 Å². The molecule has 0 atom stereocenters. The largest absolute Gasteiger partial charge is 0.303 e. The molecule has 0 saturated heterocycles. The first kappa shape index (κ1) is 17.6. The van der Waals surface area contributed by atoms with Crippen LogP contribution in [-0.4, -0.2) is 30.3 Å². The summed E-state index contributed by atoms with van der Waals surface area (Å²) in [7, 11) is 0. The third-order valence-corrected chi connectivity index (χ3v) is 3.41. The summed E-state index contributed by atoms with van der Waals surface area (Å²) < 4.78 is 0. The molecule has 0 rings (SSSR count). The van der Waals surface area contributed by atoms with E-state index in [0.29, 0.717) is 5.78 Å². The summed E-state index contributed by atoms with van der Waals surface area (Å²) in [6.07, 6.45) is 10.9. The molecule has 2 heteroatoms. The van der Waals surface area contributed by atoms with E-state index in [1.165, 1.54) is 64.6 Å². The lowest BCUT2D eigenvalue weighted by Crippen LogP contribution is -2.27. The van der Waals surface area contributed by atoms with Crippen molar-refractivity contribution in [3.63, 3.8) is 0 Å². The monoisotopic (exact) mass is 255 g/mol. The first-order valence-corrected chi connectivity index (χ1v) is 7.92. The van der Waals surface area contributed by atoms with Crippen LogP contribution in [0.2, 0.25) is 0 Å². The highest BCUT2D eigenvalue weighted by Crippen LogP contribution is 2.06. The summed E-state index contributed by atoms with van der Waals surface area (Å²) in [6.45, 7) is 10.0. The molecule has 0 aliphatic heterocycles. The van der Waals surface area contributed by atoms with E-state index in [2.05, 4.69) is 18.7 Å². The zero-order valence-corrected chi connectivity index (χ0v) is 12.8. The predicted molar refractivity (Wildman–Crippen MR) is 80.0 cm³/mol. The van der Waals surface area contributed by atoms with Crippen LogP contribution >= 0.6 is 0 Å². The molecule has 2 nitrogen and oxygen atoms in total. The number of carbonyl (C=O) groups is 1. The topological polar surface area (TPSA) is 20.3 Å². The lowest BCUT2D eigenvalue weighted by atomic mass is 10.1. The van der Waals surface area contributed by atoms with Crippen LogP contribution in [0.3, 0.4) is 0 Å². The first-order valence-electron chi connectivity index (χ1n) is 7.92. The first-order chi connectivity index (χ1) is 8.70. The molecular formula is C16H33NO. The van der Waals surface area contributed by atoms with Gasteiger partial charge in [0, 0.05) is 6.42 Å². The van der Waals surface area contributed by atoms with Crippen molar-refractivity contribution in [1.82, 2.24) is 4.90 Å². The number of rotatable bonds is 13. The van der Waals surface area contributed by atoms with Gasteiger partial charge in [0.1, 0.15) is 5.78 Å². The quantitative estimate of drug-likeness (QED) is 0.454. The van der Waals surface area contributed by atoms with Crippen LogP contribution in [0.25, 0.3) is 0 Å². The van der Waals surface area contributed by atoms with Gasteiger partial charge in [0.05, 0.1) is 0 Å². The van der Waals surface area contributed by atoms with Crippen LogP contribution < -0.4 is 0 Å². The Morgan fingerprint density at radius 2 is 1.28 bits per heavy atom. The van der Waals surface area contributed by atoms with Crippen molar-refractivity contribution in [2.45, 2.75) is 78.6 Å². The number of hydrogen-bond donors (Lipinski definition) is 0. The van der Waals surface area contributed by atoms with Gasteiger partial charge in [0.15, 0.2) is 0 Å². The van der Waals surface area contributed by atoms with Gasteiger partial charge >= 0.3 is 0 Å². The van der Waals surface area contributed by atoms with Crippen molar-refractivity contribution in [3.05, 3.63) is 0 Å². The Bertz CT molecular complexity index is 184. The predicted octanol–water partition coefficient (Wildman–Crippen LogP) is 4.43. The number of carbonyl (C=O) groups excluding carboxylic acids is 1. The van der Waals surface area contributed by atoms with Gasteiger partial charge in [-0.25, -0.2) is 0 Å². The molecule has 0 fully saturated rings. The molecule has 0 aromatic heterocycles. The maximum atomic E-state index is 10.8. The molecule has 0 N–H and O–H groups in total. The van der Waals surface area contributed by atoms with Crippen molar-refractivity contribution >= 4 is 5.78 Å². The summed E-state index contributed by atoms with van der Waals surface area (Å²) in [6, 6.07) is 0. The van der Waals surface area contributed by atoms with Gasteiger partial charge in [-0.1, -0.05) is 39.5 Å². The van der Waals surface area contributed by atoms with E-state index >= 15 is 0 Å². The molecule has 0 aliphatic carbocycles. The SMILES string of the molecule is CCCCN(CCCC)CCCCCCC(C)=O. The third-order valence-electron chi connectivity index (χ3n) is 3.41. The van der Waals surface area contributed by atoms with E-state index in [4.69, 9.17) is 0 Å². The summed E-state index contributed by atoms with van der Waals surface area (Å²) >= 11 is 0. The van der Waals surface area contributed by atoms with Crippen LogP contribution in [0.15, 0.2) is 0 Å². The van der Waals surface area contributed by atoms with E-state index < -0.39 is 0 Å². The lowest BCUT2D eigenvalue weighted by Gasteiger charge is -2.21. The Labute approximate surface area is 114 Å². The fourth-order valence-corrected chi connectivity index (χ4v) is 2.16. The van der Waals surface area contributed by atoms with Gasteiger partial charge in [-0.15, -0.1) is 0 Å². The Morgan fingerprint density at radius 3 is 1.78 bits per heavy atom. The smallest absolute Gasteiger partial charge is 0.129 e. The van der Waals surface area contributed by atoms with Crippen LogP contribution in [0.5, 0.6) is 0 Å². The highest BCUT2D eigenvalue weighted by atomic mass is 16.1. The molecule has 0 aromatic carbocycles. The van der Waals surface area contributed by atoms with Crippen molar-refractivity contribution in [1.29, 1.82) is 0 Å². The van der Waals surface area contributed by atoms with Gasteiger partial charge in [-0.05, 0) is 52.2 Å². The molecule has 0 saturated carbocycles. The summed E-state index contributed by atoms with van der Waals surface area (Å²) in [5, 5.41) is 0. The van der Waals surface area contributed by atoms with Crippen molar-refractivity contribution in [2.24, 2.45) is 0 Å².